The van der Waals surface area contributed by atoms with Crippen LogP contribution in [0, 0.1) is 0 Å². The monoisotopic (exact) mass is 510 g/mol. The van der Waals surface area contributed by atoms with E-state index in [0.717, 1.165) is 44.5 Å². The Kier molecular flexibility index (Phi) is 14.5. The van der Waals surface area contributed by atoms with Crippen LogP contribution in [0.1, 0.15) is 78.1 Å². The predicted molar refractivity (Wildman–Crippen MR) is 147 cm³/mol. The minimum atomic E-state index is -0.340. The van der Waals surface area contributed by atoms with Crippen molar-refractivity contribution in [3.63, 3.8) is 0 Å². The smallest absolute Gasteiger partial charge is 0.333 e. The normalized spacial score (nSPS) is 11.0. The van der Waals surface area contributed by atoms with E-state index in [1.165, 1.54) is 32.1 Å². The zero-order valence-corrected chi connectivity index (χ0v) is 22.4. The van der Waals surface area contributed by atoms with Crippen LogP contribution in [-0.4, -0.2) is 30.9 Å². The first-order chi connectivity index (χ1) is 18.0. The van der Waals surface area contributed by atoms with E-state index in [2.05, 4.69) is 23.7 Å². The van der Waals surface area contributed by atoms with Crippen LogP contribution in [0.2, 0.25) is 0 Å². The lowest BCUT2D eigenvalue weighted by molar-refractivity contribution is -0.139. The van der Waals surface area contributed by atoms with Gasteiger partial charge in [0.05, 0.1) is 25.5 Å². The topological polar surface area (TPSA) is 89.7 Å². The summed E-state index contributed by atoms with van der Waals surface area (Å²) >= 11 is 0. The average Bonchev–Trinajstić information content (AvgIpc) is 2.89. The molecule has 0 amide bonds. The van der Waals surface area contributed by atoms with Gasteiger partial charge in [-0.15, -0.1) is 5.11 Å². The summed E-state index contributed by atoms with van der Waals surface area (Å²) < 4.78 is 16.6. The number of rotatable bonds is 19. The number of nitrogens with zero attached hydrogens (tertiary/aromatic N) is 2. The van der Waals surface area contributed by atoms with Crippen molar-refractivity contribution in [2.24, 2.45) is 10.2 Å². The molecule has 0 spiro atoms. The first-order valence-corrected chi connectivity index (χ1v) is 13.4. The van der Waals surface area contributed by atoms with Crippen LogP contribution in [0.3, 0.4) is 0 Å². The summed E-state index contributed by atoms with van der Waals surface area (Å²) in [4.78, 5) is 11.3. The molecule has 0 aliphatic rings. The number of hydrogen-bond donors (Lipinski definition) is 1. The highest BCUT2D eigenvalue weighted by atomic mass is 16.5. The Morgan fingerprint density at radius 2 is 1.35 bits per heavy atom. The highest BCUT2D eigenvalue weighted by Crippen LogP contribution is 2.32. The van der Waals surface area contributed by atoms with E-state index in [-0.39, 0.29) is 11.7 Å². The number of carbonyl (C=O) groups is 1. The van der Waals surface area contributed by atoms with Gasteiger partial charge in [0, 0.05) is 11.6 Å². The lowest BCUT2D eigenvalue weighted by Crippen LogP contribution is -2.06. The van der Waals surface area contributed by atoms with E-state index in [9.17, 15) is 9.90 Å². The number of aromatic hydroxyl groups is 1. The average molecular weight is 511 g/mol. The minimum absolute atomic E-state index is 0.0134. The number of esters is 1. The number of ether oxygens (including phenoxy) is 3. The van der Waals surface area contributed by atoms with E-state index >= 15 is 0 Å². The fourth-order valence-electron chi connectivity index (χ4n) is 3.51. The zero-order chi connectivity index (χ0) is 26.7. The molecule has 0 saturated carbocycles. The molecule has 0 atom stereocenters. The molecular formula is C30H42N2O5. The molecule has 202 valence electrons. The third-order valence-electron chi connectivity index (χ3n) is 5.71. The van der Waals surface area contributed by atoms with E-state index in [0.29, 0.717) is 35.9 Å². The highest BCUT2D eigenvalue weighted by molar-refractivity contribution is 5.86. The number of azo groups is 1. The number of phenols is 1. The summed E-state index contributed by atoms with van der Waals surface area (Å²) in [7, 11) is 0. The zero-order valence-electron chi connectivity index (χ0n) is 22.4. The van der Waals surface area contributed by atoms with Crippen molar-refractivity contribution in [1.82, 2.24) is 0 Å². The largest absolute Gasteiger partial charge is 0.505 e. The third kappa shape index (κ3) is 13.0. The molecule has 0 fully saturated rings. The second-order valence-electron chi connectivity index (χ2n) is 9.14. The maximum Gasteiger partial charge on any atom is 0.333 e. The van der Waals surface area contributed by atoms with Crippen LogP contribution >= 0.6 is 0 Å². The fraction of sp³-hybridized carbons (Fsp3) is 0.500. The molecule has 0 aliphatic heterocycles. The first-order valence-electron chi connectivity index (χ1n) is 13.4. The summed E-state index contributed by atoms with van der Waals surface area (Å²) in [5, 5.41) is 18.7. The van der Waals surface area contributed by atoms with Gasteiger partial charge in [0.1, 0.15) is 22.9 Å². The molecule has 7 nitrogen and oxygen atoms in total. The number of phenolic OH excluding ortho intramolecular Hbond substituents is 1. The van der Waals surface area contributed by atoms with Crippen LogP contribution in [-0.2, 0) is 9.53 Å². The highest BCUT2D eigenvalue weighted by Gasteiger charge is 2.04. The van der Waals surface area contributed by atoms with E-state index in [1.807, 2.05) is 24.3 Å². The Bertz CT molecular complexity index is 972. The van der Waals surface area contributed by atoms with Crippen LogP contribution in [0.4, 0.5) is 11.4 Å². The molecule has 2 rings (SSSR count). The Hall–Kier alpha value is -3.35. The molecule has 0 aromatic heterocycles. The first kappa shape index (κ1) is 29.9. The van der Waals surface area contributed by atoms with Gasteiger partial charge in [0.15, 0.2) is 0 Å². The second kappa shape index (κ2) is 18.0. The number of carbonyl (C=O) groups excluding carboxylic acids is 1. The molecule has 0 heterocycles. The van der Waals surface area contributed by atoms with Crippen LogP contribution in [0.15, 0.2) is 64.8 Å². The molecule has 0 saturated heterocycles. The van der Waals surface area contributed by atoms with Gasteiger partial charge in [-0.25, -0.2) is 4.79 Å². The second-order valence-corrected chi connectivity index (χ2v) is 9.14. The van der Waals surface area contributed by atoms with Crippen LogP contribution in [0.5, 0.6) is 17.2 Å². The lowest BCUT2D eigenvalue weighted by Gasteiger charge is -2.08. The Balaban J connectivity index is 1.65. The quantitative estimate of drug-likeness (QED) is 0.0884. The van der Waals surface area contributed by atoms with E-state index in [1.54, 1.807) is 25.1 Å². The van der Waals surface area contributed by atoms with E-state index in [4.69, 9.17) is 14.2 Å². The Morgan fingerprint density at radius 3 is 1.97 bits per heavy atom. The van der Waals surface area contributed by atoms with Gasteiger partial charge in [0.2, 0.25) is 0 Å². The lowest BCUT2D eigenvalue weighted by atomic mass is 10.1. The van der Waals surface area contributed by atoms with Crippen molar-refractivity contribution in [2.45, 2.75) is 78.1 Å². The summed E-state index contributed by atoms with van der Waals surface area (Å²) in [6, 6.07) is 12.5. The molecule has 0 unspecified atom stereocenters. The summed E-state index contributed by atoms with van der Waals surface area (Å²) in [5.74, 6) is 1.08. The number of unbranched alkanes of at least 4 members (excludes halogenated alkanes) is 8. The minimum Gasteiger partial charge on any atom is -0.505 e. The van der Waals surface area contributed by atoms with E-state index < -0.39 is 0 Å². The Morgan fingerprint density at radius 1 is 0.784 bits per heavy atom. The van der Waals surface area contributed by atoms with Gasteiger partial charge in [-0.1, -0.05) is 45.6 Å². The molecule has 2 aromatic carbocycles. The van der Waals surface area contributed by atoms with Gasteiger partial charge in [-0.05, 0) is 75.4 Å². The molecule has 37 heavy (non-hydrogen) atoms. The van der Waals surface area contributed by atoms with Gasteiger partial charge in [-0.2, -0.15) is 5.11 Å². The summed E-state index contributed by atoms with van der Waals surface area (Å²) in [5.41, 5.74) is 1.48. The maximum absolute atomic E-state index is 11.3. The molecule has 0 aliphatic carbocycles. The van der Waals surface area contributed by atoms with Crippen molar-refractivity contribution < 1.29 is 24.1 Å². The van der Waals surface area contributed by atoms with Gasteiger partial charge in [0.25, 0.3) is 0 Å². The van der Waals surface area contributed by atoms with Gasteiger partial charge < -0.3 is 19.3 Å². The summed E-state index contributed by atoms with van der Waals surface area (Å²) in [6.45, 7) is 9.09. The number of hydrogen-bond acceptors (Lipinski definition) is 7. The molecule has 0 bridgehead atoms. The van der Waals surface area contributed by atoms with Crippen molar-refractivity contribution in [1.29, 1.82) is 0 Å². The van der Waals surface area contributed by atoms with Crippen molar-refractivity contribution in [3.05, 3.63) is 54.6 Å². The molecule has 7 heteroatoms. The fourth-order valence-corrected chi connectivity index (χ4v) is 3.51. The van der Waals surface area contributed by atoms with Crippen LogP contribution < -0.4 is 9.47 Å². The summed E-state index contributed by atoms with van der Waals surface area (Å²) in [6.07, 6.45) is 11.0. The molecule has 0 radical (unpaired) electrons. The predicted octanol–water partition coefficient (Wildman–Crippen LogP) is 8.61. The van der Waals surface area contributed by atoms with Gasteiger partial charge >= 0.3 is 5.97 Å². The van der Waals surface area contributed by atoms with Crippen LogP contribution in [0.25, 0.3) is 0 Å². The van der Waals surface area contributed by atoms with Gasteiger partial charge in [-0.3, -0.25) is 0 Å². The number of benzene rings is 2. The van der Waals surface area contributed by atoms with Crippen molar-refractivity contribution in [2.75, 3.05) is 19.8 Å². The Labute approximate surface area is 221 Å². The molecule has 1 N–H and O–H groups in total. The standard InChI is InChI=1S/C30H42N2O5/c1-4-5-6-7-8-11-20-35-26-16-14-25(15-17-26)31-32-28-19-18-27(23-29(28)33)36-21-12-9-10-13-22-37-30(34)24(2)3/h14-19,23,33H,2,4-13,20-22H2,1,3H3. The molecular weight excluding hydrogens is 468 g/mol. The van der Waals surface area contributed by atoms with Crippen molar-refractivity contribution in [3.8, 4) is 17.2 Å². The SMILES string of the molecule is C=C(C)C(=O)OCCCCCCOc1ccc(N=Nc2ccc(OCCCCCCCC)cc2)c(O)c1. The van der Waals surface area contributed by atoms with Crippen molar-refractivity contribution >= 4 is 17.3 Å². The molecule has 2 aromatic rings. The maximum atomic E-state index is 11.3. The third-order valence-corrected chi connectivity index (χ3v) is 5.71.